The lowest BCUT2D eigenvalue weighted by Gasteiger charge is -2.15. The highest BCUT2D eigenvalue weighted by molar-refractivity contribution is 7.91. The maximum atomic E-state index is 13.7. The van der Waals surface area contributed by atoms with Gasteiger partial charge in [0.15, 0.2) is 0 Å². The van der Waals surface area contributed by atoms with Crippen molar-refractivity contribution in [1.29, 1.82) is 0 Å². The Labute approximate surface area is 113 Å². The van der Waals surface area contributed by atoms with E-state index in [9.17, 15) is 17.9 Å². The van der Waals surface area contributed by atoms with Crippen LogP contribution in [0.15, 0.2) is 18.2 Å². The van der Waals surface area contributed by atoms with E-state index in [1.165, 1.54) is 19.2 Å². The molecule has 1 N–H and O–H groups in total. The van der Waals surface area contributed by atoms with Gasteiger partial charge in [-0.1, -0.05) is 13.0 Å². The van der Waals surface area contributed by atoms with Crippen LogP contribution in [0.25, 0.3) is 0 Å². The van der Waals surface area contributed by atoms with Crippen molar-refractivity contribution < 1.29 is 22.7 Å². The van der Waals surface area contributed by atoms with Crippen LogP contribution in [-0.4, -0.2) is 32.1 Å². The topological polar surface area (TPSA) is 63.6 Å². The molecule has 108 valence electrons. The molecule has 0 aliphatic carbocycles. The van der Waals surface area contributed by atoms with Gasteiger partial charge in [-0.3, -0.25) is 0 Å². The van der Waals surface area contributed by atoms with Crippen LogP contribution in [0, 0.1) is 5.82 Å². The number of rotatable bonds is 7. The Morgan fingerprint density at radius 1 is 1.42 bits per heavy atom. The maximum Gasteiger partial charge on any atom is 0.150 e. The Morgan fingerprint density at radius 3 is 2.68 bits per heavy atom. The van der Waals surface area contributed by atoms with Gasteiger partial charge in [-0.05, 0) is 25.0 Å². The zero-order valence-corrected chi connectivity index (χ0v) is 11.9. The van der Waals surface area contributed by atoms with E-state index in [0.29, 0.717) is 0 Å². The highest BCUT2D eigenvalue weighted by atomic mass is 32.2. The standard InChI is InChI=1S/C13H19FO4S/c1-3-19(16,17)9-5-7-11(15)13-10(14)6-4-8-12(13)18-2/h4,6,8,11,15H,3,5,7,9H2,1-2H3. The van der Waals surface area contributed by atoms with E-state index < -0.39 is 21.8 Å². The molecule has 0 aromatic heterocycles. The van der Waals surface area contributed by atoms with Crippen LogP contribution < -0.4 is 4.74 Å². The molecule has 0 fully saturated rings. The van der Waals surface area contributed by atoms with Crippen molar-refractivity contribution in [3.8, 4) is 5.75 Å². The lowest BCUT2D eigenvalue weighted by Crippen LogP contribution is -2.11. The molecule has 0 aliphatic heterocycles. The first-order chi connectivity index (χ1) is 8.91. The Hall–Kier alpha value is -1.14. The second kappa shape index (κ2) is 6.86. The molecule has 0 saturated carbocycles. The summed E-state index contributed by atoms with van der Waals surface area (Å²) >= 11 is 0. The number of benzene rings is 1. The second-order valence-corrected chi connectivity index (χ2v) is 6.72. The van der Waals surface area contributed by atoms with Gasteiger partial charge in [0, 0.05) is 5.75 Å². The Morgan fingerprint density at radius 2 is 2.11 bits per heavy atom. The zero-order chi connectivity index (χ0) is 14.5. The van der Waals surface area contributed by atoms with Gasteiger partial charge in [0.1, 0.15) is 21.4 Å². The number of aliphatic hydroxyl groups excluding tert-OH is 1. The normalized spacial score (nSPS) is 13.3. The first-order valence-corrected chi connectivity index (χ1v) is 7.94. The van der Waals surface area contributed by atoms with Gasteiger partial charge in [-0.15, -0.1) is 0 Å². The van der Waals surface area contributed by atoms with Crippen molar-refractivity contribution >= 4 is 9.84 Å². The van der Waals surface area contributed by atoms with Gasteiger partial charge < -0.3 is 9.84 Å². The van der Waals surface area contributed by atoms with E-state index in [1.54, 1.807) is 13.0 Å². The van der Waals surface area contributed by atoms with Crippen molar-refractivity contribution in [3.63, 3.8) is 0 Å². The van der Waals surface area contributed by atoms with E-state index in [-0.39, 0.29) is 35.7 Å². The molecule has 19 heavy (non-hydrogen) atoms. The van der Waals surface area contributed by atoms with E-state index in [1.807, 2.05) is 0 Å². The number of ether oxygens (including phenoxy) is 1. The fourth-order valence-corrected chi connectivity index (χ4v) is 2.70. The summed E-state index contributed by atoms with van der Waals surface area (Å²) in [6, 6.07) is 4.29. The first kappa shape index (κ1) is 15.9. The lowest BCUT2D eigenvalue weighted by atomic mass is 10.0. The average Bonchev–Trinajstić information content (AvgIpc) is 2.37. The van der Waals surface area contributed by atoms with Gasteiger partial charge in [0.25, 0.3) is 0 Å². The minimum absolute atomic E-state index is 0.00265. The molecule has 0 amide bonds. The summed E-state index contributed by atoms with van der Waals surface area (Å²) in [6.45, 7) is 1.58. The highest BCUT2D eigenvalue weighted by Crippen LogP contribution is 2.30. The molecular weight excluding hydrogens is 271 g/mol. The Balaban J connectivity index is 2.71. The predicted molar refractivity (Wildman–Crippen MR) is 71.5 cm³/mol. The van der Waals surface area contributed by atoms with Crippen LogP contribution in [0.5, 0.6) is 5.75 Å². The second-order valence-electron chi connectivity index (χ2n) is 4.25. The number of aliphatic hydroxyl groups is 1. The van der Waals surface area contributed by atoms with E-state index in [2.05, 4.69) is 0 Å². The molecular formula is C13H19FO4S. The van der Waals surface area contributed by atoms with E-state index in [4.69, 9.17) is 4.74 Å². The minimum Gasteiger partial charge on any atom is -0.496 e. The third-order valence-electron chi connectivity index (χ3n) is 2.94. The van der Waals surface area contributed by atoms with Crippen molar-refractivity contribution in [2.24, 2.45) is 0 Å². The summed E-state index contributed by atoms with van der Waals surface area (Å²) in [4.78, 5) is 0. The predicted octanol–water partition coefficient (Wildman–Crippen LogP) is 2.08. The molecule has 0 heterocycles. The Kier molecular flexibility index (Phi) is 5.75. The average molecular weight is 290 g/mol. The largest absolute Gasteiger partial charge is 0.496 e. The molecule has 1 aromatic carbocycles. The van der Waals surface area contributed by atoms with Gasteiger partial charge in [0.05, 0.1) is 24.5 Å². The molecule has 0 saturated heterocycles. The number of hydrogen-bond acceptors (Lipinski definition) is 4. The molecule has 6 heteroatoms. The molecule has 0 aliphatic rings. The highest BCUT2D eigenvalue weighted by Gasteiger charge is 2.18. The quantitative estimate of drug-likeness (QED) is 0.835. The summed E-state index contributed by atoms with van der Waals surface area (Å²) in [7, 11) is -1.66. The molecule has 1 atom stereocenters. The SMILES string of the molecule is CCS(=O)(=O)CCCC(O)c1c(F)cccc1OC. The number of methoxy groups -OCH3 is 1. The lowest BCUT2D eigenvalue weighted by molar-refractivity contribution is 0.157. The summed E-state index contributed by atoms with van der Waals surface area (Å²) in [6.07, 6.45) is -0.603. The monoisotopic (exact) mass is 290 g/mol. The summed E-state index contributed by atoms with van der Waals surface area (Å²) in [5, 5.41) is 9.97. The minimum atomic E-state index is -3.06. The van der Waals surface area contributed by atoms with Crippen molar-refractivity contribution in [3.05, 3.63) is 29.6 Å². The zero-order valence-electron chi connectivity index (χ0n) is 11.1. The number of sulfone groups is 1. The van der Waals surface area contributed by atoms with Crippen LogP contribution in [0.2, 0.25) is 0 Å². The van der Waals surface area contributed by atoms with Crippen LogP contribution in [0.4, 0.5) is 4.39 Å². The van der Waals surface area contributed by atoms with Crippen molar-refractivity contribution in [2.45, 2.75) is 25.9 Å². The molecule has 1 unspecified atom stereocenters. The van der Waals surface area contributed by atoms with Crippen LogP contribution in [0.3, 0.4) is 0 Å². The van der Waals surface area contributed by atoms with Gasteiger partial charge in [0.2, 0.25) is 0 Å². The molecule has 4 nitrogen and oxygen atoms in total. The molecule has 0 spiro atoms. The van der Waals surface area contributed by atoms with Crippen LogP contribution >= 0.6 is 0 Å². The van der Waals surface area contributed by atoms with Crippen LogP contribution in [0.1, 0.15) is 31.4 Å². The van der Waals surface area contributed by atoms with Gasteiger partial charge in [-0.25, -0.2) is 12.8 Å². The van der Waals surface area contributed by atoms with E-state index in [0.717, 1.165) is 0 Å². The molecule has 0 radical (unpaired) electrons. The number of halogens is 1. The van der Waals surface area contributed by atoms with Crippen LogP contribution in [-0.2, 0) is 9.84 Å². The van der Waals surface area contributed by atoms with E-state index >= 15 is 0 Å². The number of hydrogen-bond donors (Lipinski definition) is 1. The van der Waals surface area contributed by atoms with Crippen molar-refractivity contribution in [2.75, 3.05) is 18.6 Å². The Bertz CT molecular complexity index is 513. The third-order valence-corrected chi connectivity index (χ3v) is 4.73. The summed E-state index contributed by atoms with van der Waals surface area (Å²) in [5.74, 6) is -0.209. The summed E-state index contributed by atoms with van der Waals surface area (Å²) in [5.41, 5.74) is 0.0823. The fourth-order valence-electron chi connectivity index (χ4n) is 1.80. The molecule has 0 bridgehead atoms. The van der Waals surface area contributed by atoms with Gasteiger partial charge >= 0.3 is 0 Å². The smallest absolute Gasteiger partial charge is 0.150 e. The first-order valence-electron chi connectivity index (χ1n) is 6.12. The van der Waals surface area contributed by atoms with Gasteiger partial charge in [-0.2, -0.15) is 0 Å². The molecule has 1 rings (SSSR count). The fraction of sp³-hybridized carbons (Fsp3) is 0.538. The maximum absolute atomic E-state index is 13.7. The van der Waals surface area contributed by atoms with Crippen molar-refractivity contribution in [1.82, 2.24) is 0 Å². The molecule has 1 aromatic rings. The summed E-state index contributed by atoms with van der Waals surface area (Å²) < 4.78 is 41.3. The third kappa shape index (κ3) is 4.47.